The molecule has 0 amide bonds. The highest BCUT2D eigenvalue weighted by Gasteiger charge is 2.20. The molecule has 0 spiro atoms. The molecule has 2 rings (SSSR count). The Morgan fingerprint density at radius 1 is 1.60 bits per heavy atom. The summed E-state index contributed by atoms with van der Waals surface area (Å²) in [6.45, 7) is 3.35. The third kappa shape index (κ3) is 2.65. The largest absolute Gasteiger partial charge is 0.383 e. The van der Waals surface area contributed by atoms with Crippen LogP contribution in [0.4, 0.5) is 5.82 Å². The number of rotatable bonds is 2. The third-order valence-corrected chi connectivity index (χ3v) is 4.14. The summed E-state index contributed by atoms with van der Waals surface area (Å²) < 4.78 is 3.03. The van der Waals surface area contributed by atoms with Crippen LogP contribution in [-0.2, 0) is 6.54 Å². The minimum absolute atomic E-state index is 0.770. The molecule has 0 aliphatic heterocycles. The normalized spacial score (nSPS) is 26.8. The number of hydrogen-bond acceptors (Lipinski definition) is 2. The third-order valence-electron chi connectivity index (χ3n) is 3.31. The number of nitrogens with zero attached hydrogens (tertiary/aromatic N) is 2. The molecule has 3 nitrogen and oxygen atoms in total. The predicted molar refractivity (Wildman–Crippen MR) is 70.5 cm³/mol. The summed E-state index contributed by atoms with van der Waals surface area (Å²) in [5, 5.41) is 4.32. The molecule has 1 aromatic rings. The molecule has 0 saturated heterocycles. The van der Waals surface area contributed by atoms with Crippen molar-refractivity contribution in [3.63, 3.8) is 0 Å². The molecule has 84 valence electrons. The number of anilines is 1. The van der Waals surface area contributed by atoms with Gasteiger partial charge in [0.05, 0.1) is 9.77 Å². The van der Waals surface area contributed by atoms with E-state index in [2.05, 4.69) is 34.6 Å². The number of nitrogens with two attached hydrogens (primary N) is 1. The average molecular weight is 319 g/mol. The van der Waals surface area contributed by atoms with E-state index in [0.29, 0.717) is 0 Å². The molecule has 1 aliphatic rings. The SMILES string of the molecule is CC1CCCC(Cn2ncc(I)c2N)C1. The summed E-state index contributed by atoms with van der Waals surface area (Å²) in [5.41, 5.74) is 5.95. The van der Waals surface area contributed by atoms with E-state index >= 15 is 0 Å². The van der Waals surface area contributed by atoms with Crippen molar-refractivity contribution < 1.29 is 0 Å². The minimum Gasteiger partial charge on any atom is -0.383 e. The standard InChI is InChI=1S/C11H18IN3/c1-8-3-2-4-9(5-8)7-15-11(13)10(12)6-14-15/h6,8-9H,2-5,7,13H2,1H3. The predicted octanol–water partition coefficient (Wildman–Crippen LogP) is 2.90. The molecular weight excluding hydrogens is 301 g/mol. The summed E-state index contributed by atoms with van der Waals surface area (Å²) in [4.78, 5) is 0. The first kappa shape index (κ1) is 11.2. The average Bonchev–Trinajstić information content (AvgIpc) is 2.50. The van der Waals surface area contributed by atoms with Crippen LogP contribution in [0.2, 0.25) is 0 Å². The fourth-order valence-electron chi connectivity index (χ4n) is 2.49. The van der Waals surface area contributed by atoms with Crippen LogP contribution < -0.4 is 5.73 Å². The highest BCUT2D eigenvalue weighted by atomic mass is 127. The van der Waals surface area contributed by atoms with E-state index in [-0.39, 0.29) is 0 Å². The van der Waals surface area contributed by atoms with Gasteiger partial charge in [-0.1, -0.05) is 19.8 Å². The van der Waals surface area contributed by atoms with Crippen LogP contribution in [0.1, 0.15) is 32.6 Å². The smallest absolute Gasteiger partial charge is 0.135 e. The number of nitrogen functional groups attached to an aromatic ring is 1. The van der Waals surface area contributed by atoms with Crippen molar-refractivity contribution in [3.8, 4) is 0 Å². The Kier molecular flexibility index (Phi) is 3.53. The lowest BCUT2D eigenvalue weighted by molar-refractivity contribution is 0.251. The van der Waals surface area contributed by atoms with Crippen molar-refractivity contribution in [1.29, 1.82) is 0 Å². The van der Waals surface area contributed by atoms with Crippen molar-refractivity contribution in [2.24, 2.45) is 11.8 Å². The van der Waals surface area contributed by atoms with Gasteiger partial charge in [-0.15, -0.1) is 0 Å². The Labute approximate surface area is 105 Å². The summed E-state index contributed by atoms with van der Waals surface area (Å²) in [7, 11) is 0. The van der Waals surface area contributed by atoms with Crippen molar-refractivity contribution >= 4 is 28.4 Å². The van der Waals surface area contributed by atoms with Crippen molar-refractivity contribution in [2.45, 2.75) is 39.2 Å². The Bertz CT molecular complexity index is 335. The molecule has 1 aromatic heterocycles. The topological polar surface area (TPSA) is 43.8 Å². The summed E-state index contributed by atoms with van der Waals surface area (Å²) in [6, 6.07) is 0. The van der Waals surface area contributed by atoms with E-state index in [4.69, 9.17) is 5.73 Å². The van der Waals surface area contributed by atoms with Gasteiger partial charge in [0.1, 0.15) is 5.82 Å². The molecule has 1 aliphatic carbocycles. The zero-order valence-corrected chi connectivity index (χ0v) is 11.3. The Morgan fingerprint density at radius 3 is 3.00 bits per heavy atom. The van der Waals surface area contributed by atoms with E-state index in [1.165, 1.54) is 25.7 Å². The van der Waals surface area contributed by atoms with Gasteiger partial charge in [-0.25, -0.2) is 4.68 Å². The zero-order chi connectivity index (χ0) is 10.8. The molecule has 0 aromatic carbocycles. The van der Waals surface area contributed by atoms with Crippen LogP contribution in [0.3, 0.4) is 0 Å². The molecule has 1 fully saturated rings. The maximum Gasteiger partial charge on any atom is 0.135 e. The molecular formula is C11H18IN3. The van der Waals surface area contributed by atoms with Gasteiger partial charge in [0.15, 0.2) is 0 Å². The molecule has 2 N–H and O–H groups in total. The lowest BCUT2D eigenvalue weighted by Gasteiger charge is -2.26. The lowest BCUT2D eigenvalue weighted by atomic mass is 9.82. The van der Waals surface area contributed by atoms with E-state index < -0.39 is 0 Å². The van der Waals surface area contributed by atoms with Crippen LogP contribution in [0, 0.1) is 15.4 Å². The Hall–Kier alpha value is -0.260. The monoisotopic (exact) mass is 319 g/mol. The minimum atomic E-state index is 0.770. The maximum atomic E-state index is 5.95. The molecule has 2 atom stereocenters. The molecule has 2 unspecified atom stereocenters. The molecule has 15 heavy (non-hydrogen) atoms. The van der Waals surface area contributed by atoms with Gasteiger partial charge in [-0.05, 0) is 47.3 Å². The maximum absolute atomic E-state index is 5.95. The van der Waals surface area contributed by atoms with E-state index in [1.54, 1.807) is 0 Å². The van der Waals surface area contributed by atoms with E-state index in [0.717, 1.165) is 27.8 Å². The number of hydrogen-bond donors (Lipinski definition) is 1. The van der Waals surface area contributed by atoms with Gasteiger partial charge in [0, 0.05) is 6.54 Å². The van der Waals surface area contributed by atoms with Crippen molar-refractivity contribution in [2.75, 3.05) is 5.73 Å². The second kappa shape index (κ2) is 4.72. The van der Waals surface area contributed by atoms with Gasteiger partial charge >= 0.3 is 0 Å². The molecule has 0 bridgehead atoms. The summed E-state index contributed by atoms with van der Waals surface area (Å²) in [6.07, 6.45) is 7.27. The Morgan fingerprint density at radius 2 is 2.40 bits per heavy atom. The van der Waals surface area contributed by atoms with Crippen LogP contribution in [0.15, 0.2) is 6.20 Å². The van der Waals surface area contributed by atoms with Gasteiger partial charge in [0.2, 0.25) is 0 Å². The molecule has 1 saturated carbocycles. The number of aromatic nitrogens is 2. The second-order valence-corrected chi connectivity index (χ2v) is 5.86. The van der Waals surface area contributed by atoms with Gasteiger partial charge in [0.25, 0.3) is 0 Å². The summed E-state index contributed by atoms with van der Waals surface area (Å²) in [5.74, 6) is 2.47. The summed E-state index contributed by atoms with van der Waals surface area (Å²) >= 11 is 2.24. The Balaban J connectivity index is 1.99. The lowest BCUT2D eigenvalue weighted by Crippen LogP contribution is -2.20. The van der Waals surface area contributed by atoms with Gasteiger partial charge < -0.3 is 5.73 Å². The first-order chi connectivity index (χ1) is 7.16. The molecule has 1 heterocycles. The van der Waals surface area contributed by atoms with Crippen LogP contribution in [0.5, 0.6) is 0 Å². The van der Waals surface area contributed by atoms with E-state index in [1.807, 2.05) is 10.9 Å². The van der Waals surface area contributed by atoms with E-state index in [9.17, 15) is 0 Å². The molecule has 4 heteroatoms. The molecule has 0 radical (unpaired) electrons. The van der Waals surface area contributed by atoms with Crippen molar-refractivity contribution in [3.05, 3.63) is 9.77 Å². The van der Waals surface area contributed by atoms with Gasteiger partial charge in [-0.2, -0.15) is 5.10 Å². The fraction of sp³-hybridized carbons (Fsp3) is 0.727. The highest BCUT2D eigenvalue weighted by Crippen LogP contribution is 2.30. The van der Waals surface area contributed by atoms with Crippen LogP contribution >= 0.6 is 22.6 Å². The quantitative estimate of drug-likeness (QED) is 0.852. The second-order valence-electron chi connectivity index (χ2n) is 4.70. The first-order valence-corrected chi connectivity index (χ1v) is 6.71. The first-order valence-electron chi connectivity index (χ1n) is 5.63. The fourth-order valence-corrected chi connectivity index (χ4v) is 2.89. The van der Waals surface area contributed by atoms with Crippen LogP contribution in [-0.4, -0.2) is 9.78 Å². The number of halogens is 1. The highest BCUT2D eigenvalue weighted by molar-refractivity contribution is 14.1. The zero-order valence-electron chi connectivity index (χ0n) is 9.12. The van der Waals surface area contributed by atoms with Gasteiger partial charge in [-0.3, -0.25) is 0 Å². The van der Waals surface area contributed by atoms with Crippen LogP contribution in [0.25, 0.3) is 0 Å². The van der Waals surface area contributed by atoms with Crippen molar-refractivity contribution in [1.82, 2.24) is 9.78 Å².